The first-order valence-corrected chi connectivity index (χ1v) is 8.69. The molecule has 27 heavy (non-hydrogen) atoms. The Balaban J connectivity index is 1.81. The molecule has 1 heterocycles. The molecule has 0 saturated carbocycles. The number of fused-ring (bicyclic) bond motifs is 1. The predicted molar refractivity (Wildman–Crippen MR) is 110 cm³/mol. The summed E-state index contributed by atoms with van der Waals surface area (Å²) in [6.45, 7) is 0. The molecule has 4 aromatic rings. The van der Waals surface area contributed by atoms with E-state index in [1.54, 1.807) is 0 Å². The van der Waals surface area contributed by atoms with Gasteiger partial charge in [0.2, 0.25) is 5.95 Å². The molecule has 0 aliphatic carbocycles. The number of nitrogens with zero attached hydrogens (tertiary/aromatic N) is 3. The summed E-state index contributed by atoms with van der Waals surface area (Å²) < 4.78 is 6.10. The number of rotatable bonds is 4. The van der Waals surface area contributed by atoms with E-state index in [0.29, 0.717) is 0 Å². The van der Waals surface area contributed by atoms with Crippen molar-refractivity contribution in [1.29, 1.82) is 0 Å². The van der Waals surface area contributed by atoms with Gasteiger partial charge >= 0.3 is 0 Å². The van der Waals surface area contributed by atoms with E-state index in [9.17, 15) is 0 Å². The van der Waals surface area contributed by atoms with Crippen molar-refractivity contribution in [1.82, 2.24) is 9.97 Å². The molecule has 5 nitrogen and oxygen atoms in total. The number of nitrogen functional groups attached to an aromatic ring is 1. The van der Waals surface area contributed by atoms with Crippen LogP contribution in [0, 0.1) is 0 Å². The van der Waals surface area contributed by atoms with Gasteiger partial charge in [-0.2, -0.15) is 4.98 Å². The normalized spacial score (nSPS) is 10.7. The third-order valence-corrected chi connectivity index (χ3v) is 4.29. The zero-order chi connectivity index (χ0) is 18.8. The molecule has 134 valence electrons. The molecular weight excluding hydrogens is 336 g/mol. The highest BCUT2D eigenvalue weighted by Crippen LogP contribution is 2.35. The largest absolute Gasteiger partial charge is 0.457 e. The van der Waals surface area contributed by atoms with Crippen molar-refractivity contribution in [3.8, 4) is 22.6 Å². The van der Waals surface area contributed by atoms with Crippen LogP contribution in [0.1, 0.15) is 0 Å². The van der Waals surface area contributed by atoms with Crippen LogP contribution in [0.4, 0.5) is 11.8 Å². The van der Waals surface area contributed by atoms with Crippen LogP contribution >= 0.6 is 0 Å². The van der Waals surface area contributed by atoms with Crippen LogP contribution in [-0.2, 0) is 0 Å². The molecule has 0 spiro atoms. The first kappa shape index (κ1) is 16.8. The van der Waals surface area contributed by atoms with Gasteiger partial charge < -0.3 is 15.4 Å². The highest BCUT2D eigenvalue weighted by molar-refractivity contribution is 5.93. The summed E-state index contributed by atoms with van der Waals surface area (Å²) in [5.74, 6) is 2.65. The van der Waals surface area contributed by atoms with Gasteiger partial charge in [-0.05, 0) is 35.9 Å². The van der Waals surface area contributed by atoms with E-state index < -0.39 is 0 Å². The number of anilines is 2. The van der Waals surface area contributed by atoms with Crippen LogP contribution in [0.3, 0.4) is 0 Å². The average Bonchev–Trinajstić information content (AvgIpc) is 2.68. The molecule has 0 fully saturated rings. The molecule has 3 aromatic carbocycles. The average molecular weight is 356 g/mol. The Morgan fingerprint density at radius 1 is 0.852 bits per heavy atom. The molecule has 0 bridgehead atoms. The highest BCUT2D eigenvalue weighted by atomic mass is 16.5. The first-order chi connectivity index (χ1) is 13.1. The molecule has 5 heteroatoms. The SMILES string of the molecule is CN(C)c1nc(N)nc2cc(-c3ccccc3Oc3ccccc3)ccc12. The Morgan fingerprint density at radius 2 is 1.59 bits per heavy atom. The zero-order valence-corrected chi connectivity index (χ0v) is 15.3. The predicted octanol–water partition coefficient (Wildman–Crippen LogP) is 4.74. The zero-order valence-electron chi connectivity index (χ0n) is 15.3. The number of para-hydroxylation sites is 2. The molecule has 0 aliphatic rings. The summed E-state index contributed by atoms with van der Waals surface area (Å²) in [6.07, 6.45) is 0. The summed E-state index contributed by atoms with van der Waals surface area (Å²) in [4.78, 5) is 10.7. The number of hydrogen-bond donors (Lipinski definition) is 1. The Kier molecular flexibility index (Phi) is 4.34. The van der Waals surface area contributed by atoms with Gasteiger partial charge in [0.05, 0.1) is 5.52 Å². The number of benzene rings is 3. The third kappa shape index (κ3) is 3.40. The van der Waals surface area contributed by atoms with Crippen molar-refractivity contribution < 1.29 is 4.74 Å². The minimum absolute atomic E-state index is 0.261. The minimum atomic E-state index is 0.261. The summed E-state index contributed by atoms with van der Waals surface area (Å²) in [5.41, 5.74) is 8.72. The molecule has 0 unspecified atom stereocenters. The lowest BCUT2D eigenvalue weighted by atomic mass is 10.0. The van der Waals surface area contributed by atoms with Crippen LogP contribution in [-0.4, -0.2) is 24.1 Å². The molecule has 0 atom stereocenters. The monoisotopic (exact) mass is 356 g/mol. The molecular formula is C22H20N4O. The first-order valence-electron chi connectivity index (χ1n) is 8.69. The topological polar surface area (TPSA) is 64.3 Å². The lowest BCUT2D eigenvalue weighted by Crippen LogP contribution is -2.13. The maximum Gasteiger partial charge on any atom is 0.222 e. The van der Waals surface area contributed by atoms with E-state index in [2.05, 4.69) is 16.0 Å². The molecule has 2 N–H and O–H groups in total. The number of nitrogens with two attached hydrogens (primary N) is 1. The fraction of sp³-hybridized carbons (Fsp3) is 0.0909. The lowest BCUT2D eigenvalue weighted by molar-refractivity contribution is 0.484. The van der Waals surface area contributed by atoms with Crippen LogP contribution in [0.2, 0.25) is 0 Å². The Labute approximate surface area is 158 Å². The van der Waals surface area contributed by atoms with Gasteiger partial charge in [0.15, 0.2) is 0 Å². The standard InChI is InChI=1S/C22H20N4O/c1-26(2)21-18-13-12-15(14-19(18)24-22(23)25-21)17-10-6-7-11-20(17)27-16-8-4-3-5-9-16/h3-14H,1-2H3,(H2,23,24,25). The number of aromatic nitrogens is 2. The number of ether oxygens (including phenoxy) is 1. The molecule has 0 aliphatic heterocycles. The van der Waals surface area contributed by atoms with Crippen molar-refractivity contribution in [3.63, 3.8) is 0 Å². The van der Waals surface area contributed by atoms with Gasteiger partial charge in [-0.25, -0.2) is 4.98 Å². The summed E-state index contributed by atoms with van der Waals surface area (Å²) in [7, 11) is 3.89. The van der Waals surface area contributed by atoms with E-state index >= 15 is 0 Å². The molecule has 4 rings (SSSR count). The van der Waals surface area contributed by atoms with E-state index in [1.165, 1.54) is 0 Å². The molecule has 0 amide bonds. The Hall–Kier alpha value is -3.60. The van der Waals surface area contributed by atoms with Gasteiger partial charge in [-0.15, -0.1) is 0 Å². The fourth-order valence-corrected chi connectivity index (χ4v) is 3.05. The van der Waals surface area contributed by atoms with Gasteiger partial charge in [0.1, 0.15) is 17.3 Å². The summed E-state index contributed by atoms with van der Waals surface area (Å²) >= 11 is 0. The molecule has 1 aromatic heterocycles. The van der Waals surface area contributed by atoms with E-state index in [4.69, 9.17) is 10.5 Å². The fourth-order valence-electron chi connectivity index (χ4n) is 3.05. The van der Waals surface area contributed by atoms with Crippen LogP contribution in [0.25, 0.3) is 22.0 Å². The Bertz CT molecular complexity index is 1090. The third-order valence-electron chi connectivity index (χ3n) is 4.29. The van der Waals surface area contributed by atoms with E-state index in [-0.39, 0.29) is 5.95 Å². The van der Waals surface area contributed by atoms with Crippen molar-refractivity contribution >= 4 is 22.7 Å². The smallest absolute Gasteiger partial charge is 0.222 e. The van der Waals surface area contributed by atoms with Gasteiger partial charge in [-0.3, -0.25) is 0 Å². The minimum Gasteiger partial charge on any atom is -0.457 e. The molecule has 0 radical (unpaired) electrons. The number of hydrogen-bond acceptors (Lipinski definition) is 5. The second kappa shape index (κ2) is 6.96. The van der Waals surface area contributed by atoms with Crippen molar-refractivity contribution in [2.24, 2.45) is 0 Å². The maximum absolute atomic E-state index is 6.10. The van der Waals surface area contributed by atoms with Gasteiger partial charge in [-0.1, -0.05) is 42.5 Å². The quantitative estimate of drug-likeness (QED) is 0.572. The van der Waals surface area contributed by atoms with Crippen molar-refractivity contribution in [2.75, 3.05) is 24.7 Å². The lowest BCUT2D eigenvalue weighted by Gasteiger charge is -2.16. The molecule has 0 saturated heterocycles. The highest BCUT2D eigenvalue weighted by Gasteiger charge is 2.12. The summed E-state index contributed by atoms with van der Waals surface area (Å²) in [5, 5.41) is 0.958. The van der Waals surface area contributed by atoms with Crippen LogP contribution < -0.4 is 15.4 Å². The van der Waals surface area contributed by atoms with Crippen LogP contribution in [0.5, 0.6) is 11.5 Å². The van der Waals surface area contributed by atoms with E-state index in [1.807, 2.05) is 85.7 Å². The van der Waals surface area contributed by atoms with Crippen LogP contribution in [0.15, 0.2) is 72.8 Å². The van der Waals surface area contributed by atoms with Crippen molar-refractivity contribution in [3.05, 3.63) is 72.8 Å². The second-order valence-electron chi connectivity index (χ2n) is 6.44. The van der Waals surface area contributed by atoms with Gasteiger partial charge in [0, 0.05) is 25.0 Å². The van der Waals surface area contributed by atoms with E-state index in [0.717, 1.165) is 39.3 Å². The van der Waals surface area contributed by atoms with Crippen molar-refractivity contribution in [2.45, 2.75) is 0 Å². The van der Waals surface area contributed by atoms with Gasteiger partial charge in [0.25, 0.3) is 0 Å². The second-order valence-corrected chi connectivity index (χ2v) is 6.44. The maximum atomic E-state index is 6.10. The summed E-state index contributed by atoms with van der Waals surface area (Å²) in [6, 6.07) is 23.8. The Morgan fingerprint density at radius 3 is 2.37 bits per heavy atom.